The second-order valence-corrected chi connectivity index (χ2v) is 4.52. The number of rotatable bonds is 4. The monoisotopic (exact) mass is 263 g/mol. The molecule has 0 unspecified atom stereocenters. The molecule has 2 heterocycles. The molecular formula is C12H17N5O2. The highest BCUT2D eigenvalue weighted by Gasteiger charge is 2.13. The molecule has 0 bridgehead atoms. The molecule has 0 amide bonds. The van der Waals surface area contributed by atoms with Gasteiger partial charge in [-0.25, -0.2) is 14.6 Å². The van der Waals surface area contributed by atoms with Crippen molar-refractivity contribution in [1.82, 2.24) is 24.3 Å². The molecule has 0 spiro atoms. The van der Waals surface area contributed by atoms with Crippen LogP contribution in [0.2, 0.25) is 0 Å². The van der Waals surface area contributed by atoms with Crippen molar-refractivity contribution >= 4 is 0 Å². The third kappa shape index (κ3) is 2.64. The molecule has 2 aromatic rings. The van der Waals surface area contributed by atoms with Crippen LogP contribution in [0.4, 0.5) is 0 Å². The predicted molar refractivity (Wildman–Crippen MR) is 69.3 cm³/mol. The van der Waals surface area contributed by atoms with Crippen LogP contribution in [0.15, 0.2) is 17.2 Å². The highest BCUT2D eigenvalue weighted by Crippen LogP contribution is 2.10. The molecule has 2 aromatic heterocycles. The van der Waals surface area contributed by atoms with Gasteiger partial charge in [0, 0.05) is 17.8 Å². The highest BCUT2D eigenvalue weighted by atomic mass is 16.5. The summed E-state index contributed by atoms with van der Waals surface area (Å²) < 4.78 is 8.36. The summed E-state index contributed by atoms with van der Waals surface area (Å²) >= 11 is 0. The fourth-order valence-electron chi connectivity index (χ4n) is 1.86. The number of hydrogen-bond acceptors (Lipinski definition) is 5. The van der Waals surface area contributed by atoms with Crippen molar-refractivity contribution in [2.24, 2.45) is 0 Å². The first-order valence-corrected chi connectivity index (χ1v) is 6.03. The van der Waals surface area contributed by atoms with Gasteiger partial charge in [-0.15, -0.1) is 0 Å². The van der Waals surface area contributed by atoms with Crippen LogP contribution in [0.1, 0.15) is 31.4 Å². The molecule has 0 saturated carbocycles. The number of aromatic nitrogens is 5. The third-order valence-electron chi connectivity index (χ3n) is 2.72. The van der Waals surface area contributed by atoms with Gasteiger partial charge in [0.15, 0.2) is 0 Å². The summed E-state index contributed by atoms with van der Waals surface area (Å²) in [6.45, 7) is 6.05. The molecule has 0 fully saturated rings. The van der Waals surface area contributed by atoms with Crippen molar-refractivity contribution < 1.29 is 4.74 Å². The first-order chi connectivity index (χ1) is 9.02. The molecule has 0 aliphatic heterocycles. The topological polar surface area (TPSA) is 74.8 Å². The fraction of sp³-hybridized carbons (Fsp3) is 0.500. The summed E-state index contributed by atoms with van der Waals surface area (Å²) in [5.74, 6) is 0.695. The van der Waals surface area contributed by atoms with Gasteiger partial charge in [-0.3, -0.25) is 9.36 Å². The molecule has 0 saturated heterocycles. The van der Waals surface area contributed by atoms with Crippen molar-refractivity contribution in [1.29, 1.82) is 0 Å². The van der Waals surface area contributed by atoms with E-state index in [9.17, 15) is 4.79 Å². The van der Waals surface area contributed by atoms with E-state index < -0.39 is 0 Å². The van der Waals surface area contributed by atoms with Crippen molar-refractivity contribution in [2.75, 3.05) is 7.11 Å². The Bertz CT molecular complexity index is 629. The molecule has 0 atom stereocenters. The van der Waals surface area contributed by atoms with Crippen LogP contribution < -0.4 is 10.3 Å². The number of hydrogen-bond donors (Lipinski definition) is 0. The lowest BCUT2D eigenvalue weighted by Gasteiger charge is -2.13. The van der Waals surface area contributed by atoms with Crippen LogP contribution >= 0.6 is 0 Å². The van der Waals surface area contributed by atoms with Gasteiger partial charge in [-0.2, -0.15) is 5.10 Å². The zero-order valence-electron chi connectivity index (χ0n) is 11.5. The summed E-state index contributed by atoms with van der Waals surface area (Å²) in [7, 11) is 1.49. The average Bonchev–Trinajstić information content (AvgIpc) is 2.80. The average molecular weight is 263 g/mol. The fourth-order valence-corrected chi connectivity index (χ4v) is 1.86. The van der Waals surface area contributed by atoms with Gasteiger partial charge in [0.1, 0.15) is 12.2 Å². The normalized spacial score (nSPS) is 11.0. The van der Waals surface area contributed by atoms with Gasteiger partial charge < -0.3 is 4.74 Å². The quantitative estimate of drug-likeness (QED) is 0.815. The Labute approximate surface area is 110 Å². The number of methoxy groups -OCH3 is 1. The zero-order valence-corrected chi connectivity index (χ0v) is 11.5. The molecular weight excluding hydrogens is 246 g/mol. The molecule has 0 aliphatic carbocycles. The van der Waals surface area contributed by atoms with Crippen molar-refractivity contribution in [3.8, 4) is 6.01 Å². The van der Waals surface area contributed by atoms with Gasteiger partial charge in [0.05, 0.1) is 13.7 Å². The minimum atomic E-state index is -0.164. The third-order valence-corrected chi connectivity index (χ3v) is 2.72. The smallest absolute Gasteiger partial charge is 0.299 e. The van der Waals surface area contributed by atoms with Crippen molar-refractivity contribution in [3.63, 3.8) is 0 Å². The summed E-state index contributed by atoms with van der Waals surface area (Å²) in [5, 5.41) is 4.14. The van der Waals surface area contributed by atoms with Crippen LogP contribution in [-0.2, 0) is 6.54 Å². The Balaban J connectivity index is 2.43. The number of aryl methyl sites for hydroxylation is 1. The summed E-state index contributed by atoms with van der Waals surface area (Å²) in [4.78, 5) is 20.4. The molecule has 19 heavy (non-hydrogen) atoms. The largest absolute Gasteiger partial charge is 0.468 e. The van der Waals surface area contributed by atoms with Gasteiger partial charge in [-0.05, 0) is 20.8 Å². The van der Waals surface area contributed by atoms with Crippen LogP contribution in [-0.4, -0.2) is 31.4 Å². The van der Waals surface area contributed by atoms with E-state index in [1.807, 2.05) is 13.8 Å². The standard InChI is InChI=1S/C12H17N5O2/c1-8(2)17-10(13-7-14-17)6-16-11(18)5-9(3)15-12(16)19-4/h5,7-8H,6H2,1-4H3. The maximum Gasteiger partial charge on any atom is 0.299 e. The lowest BCUT2D eigenvalue weighted by molar-refractivity contribution is 0.345. The Morgan fingerprint density at radius 3 is 2.79 bits per heavy atom. The first kappa shape index (κ1) is 13.3. The van der Waals surface area contributed by atoms with E-state index in [2.05, 4.69) is 15.1 Å². The van der Waals surface area contributed by atoms with Crippen LogP contribution in [0.5, 0.6) is 6.01 Å². The molecule has 102 valence electrons. The van der Waals surface area contributed by atoms with Crippen molar-refractivity contribution in [3.05, 3.63) is 34.3 Å². The van der Waals surface area contributed by atoms with Crippen LogP contribution in [0.3, 0.4) is 0 Å². The Morgan fingerprint density at radius 2 is 2.16 bits per heavy atom. The molecule has 0 aromatic carbocycles. The van der Waals surface area contributed by atoms with E-state index >= 15 is 0 Å². The Kier molecular flexibility index (Phi) is 3.64. The van der Waals surface area contributed by atoms with E-state index in [0.29, 0.717) is 11.5 Å². The van der Waals surface area contributed by atoms with E-state index in [1.54, 1.807) is 11.6 Å². The minimum Gasteiger partial charge on any atom is -0.468 e. The van der Waals surface area contributed by atoms with Crippen LogP contribution in [0, 0.1) is 6.92 Å². The van der Waals surface area contributed by atoms with Gasteiger partial charge in [-0.1, -0.05) is 0 Å². The van der Waals surface area contributed by atoms with E-state index in [4.69, 9.17) is 4.74 Å². The second kappa shape index (κ2) is 5.21. The number of nitrogens with zero attached hydrogens (tertiary/aromatic N) is 5. The Morgan fingerprint density at radius 1 is 1.42 bits per heavy atom. The Hall–Kier alpha value is -2.18. The molecule has 7 nitrogen and oxygen atoms in total. The van der Waals surface area contributed by atoms with Crippen LogP contribution in [0.25, 0.3) is 0 Å². The second-order valence-electron chi connectivity index (χ2n) is 4.52. The molecule has 0 N–H and O–H groups in total. The van der Waals surface area contributed by atoms with E-state index in [0.717, 1.165) is 0 Å². The zero-order chi connectivity index (χ0) is 14.0. The minimum absolute atomic E-state index is 0.164. The molecule has 0 aliphatic rings. The summed E-state index contributed by atoms with van der Waals surface area (Å²) in [6.07, 6.45) is 1.48. The van der Waals surface area contributed by atoms with Gasteiger partial charge >= 0.3 is 0 Å². The molecule has 2 rings (SSSR count). The van der Waals surface area contributed by atoms with Gasteiger partial charge in [0.25, 0.3) is 11.6 Å². The van der Waals surface area contributed by atoms with Crippen molar-refractivity contribution in [2.45, 2.75) is 33.4 Å². The molecule has 7 heteroatoms. The molecule has 0 radical (unpaired) electrons. The lowest BCUT2D eigenvalue weighted by atomic mass is 10.4. The van der Waals surface area contributed by atoms with E-state index in [1.165, 1.54) is 24.1 Å². The maximum atomic E-state index is 12.0. The predicted octanol–water partition coefficient (Wildman–Crippen LogP) is 0.781. The lowest BCUT2D eigenvalue weighted by Crippen LogP contribution is -2.25. The first-order valence-electron chi connectivity index (χ1n) is 6.03. The summed E-state index contributed by atoms with van der Waals surface area (Å²) in [6, 6.07) is 1.93. The van der Waals surface area contributed by atoms with E-state index in [-0.39, 0.29) is 24.2 Å². The highest BCUT2D eigenvalue weighted by molar-refractivity contribution is 5.08. The maximum absolute atomic E-state index is 12.0. The number of ether oxygens (including phenoxy) is 1. The summed E-state index contributed by atoms with van der Waals surface area (Å²) in [5.41, 5.74) is 0.464. The van der Waals surface area contributed by atoms with Gasteiger partial charge in [0.2, 0.25) is 0 Å². The SMILES string of the molecule is COc1nc(C)cc(=O)n1Cc1ncnn1C(C)C.